The predicted molar refractivity (Wildman–Crippen MR) is 105 cm³/mol. The van der Waals surface area contributed by atoms with E-state index in [1.54, 1.807) is 0 Å². The quantitative estimate of drug-likeness (QED) is 0.665. The zero-order chi connectivity index (χ0) is 19.2. The molecule has 3 aromatic rings. The fraction of sp³-hybridized carbons (Fsp3) is 0.238. The average molecular weight is 365 g/mol. The van der Waals surface area contributed by atoms with Crippen LogP contribution in [-0.2, 0) is 6.54 Å². The fourth-order valence-corrected chi connectivity index (χ4v) is 2.55. The molecule has 0 saturated carbocycles. The van der Waals surface area contributed by atoms with E-state index in [0.29, 0.717) is 24.0 Å². The minimum atomic E-state index is -0.288. The molecule has 2 amide bonds. The van der Waals surface area contributed by atoms with Crippen LogP contribution in [0.3, 0.4) is 0 Å². The molecule has 6 nitrogen and oxygen atoms in total. The minimum absolute atomic E-state index is 0.282. The van der Waals surface area contributed by atoms with Gasteiger partial charge in [0.15, 0.2) is 0 Å². The number of oxazole rings is 1. The lowest BCUT2D eigenvalue weighted by molar-refractivity contribution is 0.251. The number of benzene rings is 2. The number of nitrogens with zero attached hydrogens (tertiary/aromatic N) is 1. The van der Waals surface area contributed by atoms with E-state index in [1.165, 1.54) is 0 Å². The first kappa shape index (κ1) is 18.5. The summed E-state index contributed by atoms with van der Waals surface area (Å²) in [5.41, 5.74) is 3.43. The smallest absolute Gasteiger partial charge is 0.319 e. The largest absolute Gasteiger partial charge is 0.494 e. The maximum absolute atomic E-state index is 12.1. The number of amides is 2. The molecule has 2 N–H and O–H groups in total. The van der Waals surface area contributed by atoms with Crippen LogP contribution in [-0.4, -0.2) is 17.6 Å². The van der Waals surface area contributed by atoms with E-state index >= 15 is 0 Å². The Morgan fingerprint density at radius 2 is 1.78 bits per heavy atom. The van der Waals surface area contributed by atoms with Gasteiger partial charge in [-0.3, -0.25) is 0 Å². The van der Waals surface area contributed by atoms with E-state index < -0.39 is 0 Å². The molecule has 3 rings (SSSR count). The fourth-order valence-electron chi connectivity index (χ4n) is 2.55. The van der Waals surface area contributed by atoms with Crippen LogP contribution >= 0.6 is 0 Å². The summed E-state index contributed by atoms with van der Waals surface area (Å²) in [4.78, 5) is 16.6. The van der Waals surface area contributed by atoms with Crippen molar-refractivity contribution in [1.82, 2.24) is 10.3 Å². The van der Waals surface area contributed by atoms with E-state index in [4.69, 9.17) is 9.15 Å². The number of carbonyl (C=O) groups is 1. The van der Waals surface area contributed by atoms with Crippen LogP contribution in [0.25, 0.3) is 11.5 Å². The Bertz CT molecular complexity index is 899. The first-order valence-corrected chi connectivity index (χ1v) is 8.86. The van der Waals surface area contributed by atoms with E-state index in [1.807, 2.05) is 69.3 Å². The van der Waals surface area contributed by atoms with Crippen LogP contribution < -0.4 is 15.4 Å². The Morgan fingerprint density at radius 1 is 1.07 bits per heavy atom. The number of anilines is 1. The summed E-state index contributed by atoms with van der Waals surface area (Å²) in [6.07, 6.45) is 0. The number of hydrogen-bond acceptors (Lipinski definition) is 4. The van der Waals surface area contributed by atoms with Crippen LogP contribution in [0.4, 0.5) is 10.5 Å². The van der Waals surface area contributed by atoms with Gasteiger partial charge in [-0.1, -0.05) is 17.7 Å². The Kier molecular flexibility index (Phi) is 5.76. The van der Waals surface area contributed by atoms with Gasteiger partial charge in [0.05, 0.1) is 13.2 Å². The molecule has 140 valence electrons. The molecular formula is C21H23N3O3. The number of hydrogen-bond donors (Lipinski definition) is 2. The van der Waals surface area contributed by atoms with Gasteiger partial charge in [0.25, 0.3) is 0 Å². The molecular weight excluding hydrogens is 342 g/mol. The second-order valence-electron chi connectivity index (χ2n) is 6.15. The molecule has 0 saturated heterocycles. The highest BCUT2D eigenvalue weighted by atomic mass is 16.5. The molecule has 0 bridgehead atoms. The lowest BCUT2D eigenvalue weighted by Gasteiger charge is -2.06. The van der Waals surface area contributed by atoms with Crippen LogP contribution in [0.5, 0.6) is 5.75 Å². The number of carbonyl (C=O) groups excluding carboxylic acids is 1. The maximum Gasteiger partial charge on any atom is 0.319 e. The molecule has 2 aromatic carbocycles. The Balaban J connectivity index is 1.60. The van der Waals surface area contributed by atoms with Crippen molar-refractivity contribution in [2.24, 2.45) is 0 Å². The first-order chi connectivity index (χ1) is 13.0. The van der Waals surface area contributed by atoms with Crippen molar-refractivity contribution in [3.05, 3.63) is 65.5 Å². The van der Waals surface area contributed by atoms with Gasteiger partial charge in [-0.05, 0) is 57.2 Å². The molecule has 1 aromatic heterocycles. The van der Waals surface area contributed by atoms with Crippen LogP contribution in [0.1, 0.15) is 23.9 Å². The molecule has 6 heteroatoms. The summed E-state index contributed by atoms with van der Waals surface area (Å²) in [6.45, 7) is 6.68. The van der Waals surface area contributed by atoms with E-state index in [0.717, 1.165) is 22.6 Å². The molecule has 0 atom stereocenters. The summed E-state index contributed by atoms with van der Waals surface area (Å²) < 4.78 is 11.2. The van der Waals surface area contributed by atoms with Crippen molar-refractivity contribution >= 4 is 11.7 Å². The molecule has 0 aliphatic heterocycles. The summed E-state index contributed by atoms with van der Waals surface area (Å²) in [7, 11) is 0. The summed E-state index contributed by atoms with van der Waals surface area (Å²) in [6, 6.07) is 14.9. The standard InChI is InChI=1S/C21H23N3O3/c1-4-26-18-11-7-16(8-12-18)20-24-19(15(3)27-20)13-22-21(25)23-17-9-5-14(2)6-10-17/h5-12H,4,13H2,1-3H3,(H2,22,23,25). The third kappa shape index (κ3) is 4.88. The molecule has 0 aliphatic rings. The van der Waals surface area contributed by atoms with E-state index in [-0.39, 0.29) is 12.6 Å². The maximum atomic E-state index is 12.1. The molecule has 27 heavy (non-hydrogen) atoms. The van der Waals surface area contributed by atoms with E-state index in [2.05, 4.69) is 15.6 Å². The summed E-state index contributed by atoms with van der Waals surface area (Å²) in [5, 5.41) is 5.59. The van der Waals surface area contributed by atoms with Crippen molar-refractivity contribution in [2.45, 2.75) is 27.3 Å². The Hall–Kier alpha value is -3.28. The topological polar surface area (TPSA) is 76.4 Å². The minimum Gasteiger partial charge on any atom is -0.494 e. The van der Waals surface area contributed by atoms with E-state index in [9.17, 15) is 4.79 Å². The highest BCUT2D eigenvalue weighted by Crippen LogP contribution is 2.24. The van der Waals surface area contributed by atoms with Crippen molar-refractivity contribution < 1.29 is 13.9 Å². The number of aromatic nitrogens is 1. The van der Waals surface area contributed by atoms with Crippen molar-refractivity contribution in [3.8, 4) is 17.2 Å². The number of aryl methyl sites for hydroxylation is 2. The SMILES string of the molecule is CCOc1ccc(-c2nc(CNC(=O)Nc3ccc(C)cc3)c(C)o2)cc1. The summed E-state index contributed by atoms with van der Waals surface area (Å²) in [5.74, 6) is 2.00. The lowest BCUT2D eigenvalue weighted by Crippen LogP contribution is -2.28. The number of urea groups is 1. The third-order valence-electron chi connectivity index (χ3n) is 4.03. The predicted octanol–water partition coefficient (Wildman–Crippen LogP) is 4.68. The normalized spacial score (nSPS) is 10.5. The van der Waals surface area contributed by atoms with Gasteiger partial charge in [0, 0.05) is 11.3 Å². The Morgan fingerprint density at radius 3 is 2.44 bits per heavy atom. The average Bonchev–Trinajstić information content (AvgIpc) is 3.04. The zero-order valence-electron chi connectivity index (χ0n) is 15.7. The summed E-state index contributed by atoms with van der Waals surface area (Å²) >= 11 is 0. The van der Waals surface area contributed by atoms with Gasteiger partial charge >= 0.3 is 6.03 Å². The van der Waals surface area contributed by atoms with Gasteiger partial charge in [0.2, 0.25) is 5.89 Å². The van der Waals surface area contributed by atoms with Gasteiger partial charge in [-0.15, -0.1) is 0 Å². The van der Waals surface area contributed by atoms with Crippen molar-refractivity contribution in [1.29, 1.82) is 0 Å². The van der Waals surface area contributed by atoms with Gasteiger partial charge in [-0.2, -0.15) is 0 Å². The second-order valence-corrected chi connectivity index (χ2v) is 6.15. The van der Waals surface area contributed by atoms with Gasteiger partial charge < -0.3 is 19.8 Å². The van der Waals surface area contributed by atoms with Crippen molar-refractivity contribution in [3.63, 3.8) is 0 Å². The molecule has 1 heterocycles. The first-order valence-electron chi connectivity index (χ1n) is 8.86. The third-order valence-corrected chi connectivity index (χ3v) is 4.03. The number of nitrogens with one attached hydrogen (secondary N) is 2. The van der Waals surface area contributed by atoms with Crippen LogP contribution in [0, 0.1) is 13.8 Å². The van der Waals surface area contributed by atoms with Crippen LogP contribution in [0.2, 0.25) is 0 Å². The van der Waals surface area contributed by atoms with Crippen molar-refractivity contribution in [2.75, 3.05) is 11.9 Å². The lowest BCUT2D eigenvalue weighted by atomic mass is 10.2. The molecule has 0 unspecified atom stereocenters. The molecule has 0 radical (unpaired) electrons. The second kappa shape index (κ2) is 8.40. The number of ether oxygens (including phenoxy) is 1. The number of rotatable bonds is 6. The highest BCUT2D eigenvalue weighted by Gasteiger charge is 2.12. The molecule has 0 fully saturated rings. The monoisotopic (exact) mass is 365 g/mol. The van der Waals surface area contributed by atoms with Gasteiger partial charge in [-0.25, -0.2) is 9.78 Å². The van der Waals surface area contributed by atoms with Gasteiger partial charge in [0.1, 0.15) is 17.2 Å². The van der Waals surface area contributed by atoms with Crippen LogP contribution in [0.15, 0.2) is 52.9 Å². The molecule has 0 aliphatic carbocycles. The molecule has 0 spiro atoms. The Labute approximate surface area is 158 Å². The highest BCUT2D eigenvalue weighted by molar-refractivity contribution is 5.89. The zero-order valence-corrected chi connectivity index (χ0v) is 15.7.